The number of nitriles is 1. The lowest BCUT2D eigenvalue weighted by Crippen LogP contribution is -2.42. The summed E-state index contributed by atoms with van der Waals surface area (Å²) in [7, 11) is 0. The van der Waals surface area contributed by atoms with Crippen molar-refractivity contribution < 1.29 is 4.79 Å². The number of nitrogens with two attached hydrogens (primary N) is 1. The number of rotatable bonds is 4. The van der Waals surface area contributed by atoms with E-state index in [2.05, 4.69) is 11.1 Å². The molecule has 0 fully saturated rings. The molecule has 0 spiro atoms. The van der Waals surface area contributed by atoms with Crippen LogP contribution in [0.3, 0.4) is 0 Å². The Hall–Kier alpha value is -2.24. The Kier molecular flexibility index (Phi) is 4.88. The maximum Gasteiger partial charge on any atom is 0.254 e. The number of amides is 1. The lowest BCUT2D eigenvalue weighted by atomic mass is 9.99. The van der Waals surface area contributed by atoms with Gasteiger partial charge in [0.05, 0.1) is 11.3 Å². The normalized spacial score (nSPS) is 19.7. The Balaban J connectivity index is 2.16. The topological polar surface area (TPSA) is 85.7 Å². The number of carbonyl (C=O) groups is 1. The first kappa shape index (κ1) is 17.6. The summed E-state index contributed by atoms with van der Waals surface area (Å²) >= 11 is 2.82. The van der Waals surface area contributed by atoms with E-state index in [1.165, 1.54) is 11.8 Å². The first-order chi connectivity index (χ1) is 12.0. The van der Waals surface area contributed by atoms with Crippen LogP contribution in [0, 0.1) is 11.3 Å². The molecule has 0 bridgehead atoms. The fourth-order valence-electron chi connectivity index (χ4n) is 3.01. The van der Waals surface area contributed by atoms with Crippen LogP contribution in [-0.4, -0.2) is 34.0 Å². The van der Waals surface area contributed by atoms with Gasteiger partial charge in [0.2, 0.25) is 0 Å². The predicted molar refractivity (Wildman–Crippen MR) is 101 cm³/mol. The third kappa shape index (κ3) is 2.83. The molecule has 2 aliphatic heterocycles. The van der Waals surface area contributed by atoms with E-state index in [-0.39, 0.29) is 11.9 Å². The molecule has 1 aromatic heterocycles. The summed E-state index contributed by atoms with van der Waals surface area (Å²) in [5, 5.41) is 12.0. The number of fused-ring (bicyclic) bond motifs is 1. The quantitative estimate of drug-likeness (QED) is 0.877. The molecule has 130 valence electrons. The standard InChI is InChI=1S/C17H19N5OS2/c1-4-21(5-2)16(23)13-10(3)20-17-22(15(19)12(9-18)25-17)14(13)11-7-6-8-24-11/h6-8,14H,4-5,19H2,1-3H3/t14-/m1/s1. The van der Waals surface area contributed by atoms with E-state index in [0.717, 1.165) is 4.88 Å². The second kappa shape index (κ2) is 6.94. The summed E-state index contributed by atoms with van der Waals surface area (Å²) in [5.41, 5.74) is 7.53. The van der Waals surface area contributed by atoms with E-state index in [9.17, 15) is 10.1 Å². The van der Waals surface area contributed by atoms with Crippen LogP contribution in [0.5, 0.6) is 0 Å². The van der Waals surface area contributed by atoms with Crippen LogP contribution >= 0.6 is 23.1 Å². The molecule has 0 aliphatic carbocycles. The molecule has 2 aliphatic rings. The summed E-state index contributed by atoms with van der Waals surface area (Å²) in [5.74, 6) is 0.328. The Morgan fingerprint density at radius 2 is 2.20 bits per heavy atom. The highest BCUT2D eigenvalue weighted by Gasteiger charge is 2.43. The molecule has 25 heavy (non-hydrogen) atoms. The fourth-order valence-corrected chi connectivity index (χ4v) is 4.75. The fraction of sp³-hybridized carbons (Fsp3) is 0.353. The van der Waals surface area contributed by atoms with E-state index in [4.69, 9.17) is 5.73 Å². The zero-order valence-corrected chi connectivity index (χ0v) is 15.9. The lowest BCUT2D eigenvalue weighted by Gasteiger charge is -2.36. The van der Waals surface area contributed by atoms with E-state index < -0.39 is 0 Å². The third-order valence-electron chi connectivity index (χ3n) is 4.27. The van der Waals surface area contributed by atoms with Crippen molar-refractivity contribution >= 4 is 34.2 Å². The number of allylic oxidation sites excluding steroid dienone is 2. The molecule has 1 amide bonds. The van der Waals surface area contributed by atoms with Crippen molar-refractivity contribution in [2.24, 2.45) is 10.7 Å². The van der Waals surface area contributed by atoms with Crippen LogP contribution in [0.1, 0.15) is 31.7 Å². The van der Waals surface area contributed by atoms with E-state index >= 15 is 0 Å². The van der Waals surface area contributed by atoms with Gasteiger partial charge in [0, 0.05) is 18.0 Å². The zero-order valence-electron chi connectivity index (χ0n) is 14.3. The Bertz CT molecular complexity index is 828. The van der Waals surface area contributed by atoms with Crippen LogP contribution in [0.25, 0.3) is 0 Å². The first-order valence-electron chi connectivity index (χ1n) is 8.02. The Labute approximate surface area is 155 Å². The molecular weight excluding hydrogens is 354 g/mol. The summed E-state index contributed by atoms with van der Waals surface area (Å²) in [6.07, 6.45) is 0. The van der Waals surface area contributed by atoms with Crippen LogP contribution in [-0.2, 0) is 4.79 Å². The summed E-state index contributed by atoms with van der Waals surface area (Å²) in [6, 6.07) is 5.72. The van der Waals surface area contributed by atoms with E-state index in [1.54, 1.807) is 16.2 Å². The summed E-state index contributed by atoms with van der Waals surface area (Å²) in [4.78, 5) is 22.8. The van der Waals surface area contributed by atoms with Gasteiger partial charge in [0.15, 0.2) is 5.17 Å². The smallest absolute Gasteiger partial charge is 0.254 e. The molecule has 0 saturated heterocycles. The number of thioether (sulfide) groups is 1. The van der Waals surface area contributed by atoms with Crippen LogP contribution < -0.4 is 5.73 Å². The SMILES string of the molecule is CCN(CC)C(=O)C1=C(C)N=C2SC(C#N)=C(N)N2[C@@H]1c1cccs1. The molecule has 0 radical (unpaired) electrons. The second-order valence-electron chi connectivity index (χ2n) is 5.59. The van der Waals surface area contributed by atoms with Crippen molar-refractivity contribution in [2.45, 2.75) is 26.8 Å². The van der Waals surface area contributed by atoms with Gasteiger partial charge in [-0.2, -0.15) is 5.26 Å². The molecule has 3 heterocycles. The van der Waals surface area contributed by atoms with E-state index in [0.29, 0.717) is 40.3 Å². The monoisotopic (exact) mass is 373 g/mol. The van der Waals surface area contributed by atoms with Gasteiger partial charge in [0.25, 0.3) is 5.91 Å². The molecule has 6 nitrogen and oxygen atoms in total. The number of nitrogens with zero attached hydrogens (tertiary/aromatic N) is 4. The van der Waals surface area contributed by atoms with E-state index in [1.807, 2.05) is 43.2 Å². The lowest BCUT2D eigenvalue weighted by molar-refractivity contribution is -0.127. The van der Waals surface area contributed by atoms with Gasteiger partial charge in [-0.25, -0.2) is 4.99 Å². The highest BCUT2D eigenvalue weighted by molar-refractivity contribution is 8.17. The number of amidine groups is 1. The van der Waals surface area contributed by atoms with Gasteiger partial charge in [-0.1, -0.05) is 6.07 Å². The van der Waals surface area contributed by atoms with Crippen molar-refractivity contribution in [2.75, 3.05) is 13.1 Å². The van der Waals surface area contributed by atoms with Crippen LogP contribution in [0.2, 0.25) is 0 Å². The predicted octanol–water partition coefficient (Wildman–Crippen LogP) is 3.00. The molecule has 2 N–H and O–H groups in total. The molecule has 0 saturated carbocycles. The van der Waals surface area contributed by atoms with Gasteiger partial charge in [-0.05, 0) is 44.0 Å². The third-order valence-corrected chi connectivity index (χ3v) is 6.17. The highest BCUT2D eigenvalue weighted by Crippen LogP contribution is 2.46. The molecule has 0 aromatic carbocycles. The van der Waals surface area contributed by atoms with Gasteiger partial charge < -0.3 is 10.6 Å². The molecule has 8 heteroatoms. The van der Waals surface area contributed by atoms with Gasteiger partial charge in [0.1, 0.15) is 22.8 Å². The number of thiophene rings is 1. The van der Waals surface area contributed by atoms with Crippen molar-refractivity contribution in [1.82, 2.24) is 9.80 Å². The minimum atomic E-state index is -0.348. The number of carbonyl (C=O) groups excluding carboxylic acids is 1. The maximum atomic E-state index is 13.2. The maximum absolute atomic E-state index is 13.2. The zero-order chi connectivity index (χ0) is 18.1. The van der Waals surface area contributed by atoms with Crippen molar-refractivity contribution in [1.29, 1.82) is 5.26 Å². The summed E-state index contributed by atoms with van der Waals surface area (Å²) in [6.45, 7) is 7.03. The molecule has 1 aromatic rings. The number of hydrogen-bond acceptors (Lipinski definition) is 7. The average Bonchev–Trinajstić information content (AvgIpc) is 3.23. The number of aliphatic imine (C=N–C) groups is 1. The average molecular weight is 374 g/mol. The van der Waals surface area contributed by atoms with Crippen molar-refractivity contribution in [3.63, 3.8) is 0 Å². The molecule has 3 rings (SSSR count). The largest absolute Gasteiger partial charge is 0.383 e. The van der Waals surface area contributed by atoms with Gasteiger partial charge in [-0.15, -0.1) is 11.3 Å². The van der Waals surface area contributed by atoms with Crippen molar-refractivity contribution in [3.05, 3.63) is 44.4 Å². The Morgan fingerprint density at radius 1 is 1.48 bits per heavy atom. The molecule has 0 unspecified atom stereocenters. The van der Waals surface area contributed by atoms with Gasteiger partial charge in [-0.3, -0.25) is 9.69 Å². The first-order valence-corrected chi connectivity index (χ1v) is 9.72. The minimum Gasteiger partial charge on any atom is -0.383 e. The van der Waals surface area contributed by atoms with Crippen LogP contribution in [0.4, 0.5) is 0 Å². The van der Waals surface area contributed by atoms with Crippen molar-refractivity contribution in [3.8, 4) is 6.07 Å². The number of hydrogen-bond donors (Lipinski definition) is 1. The van der Waals surface area contributed by atoms with Crippen LogP contribution in [0.15, 0.2) is 44.5 Å². The van der Waals surface area contributed by atoms with Gasteiger partial charge >= 0.3 is 0 Å². The second-order valence-corrected chi connectivity index (χ2v) is 7.54. The molecular formula is C17H19N5OS2. The highest BCUT2D eigenvalue weighted by atomic mass is 32.2. The minimum absolute atomic E-state index is 0.0353. The number of likely N-dealkylation sites (N-methyl/N-ethyl adjacent to an activating group) is 1. The Morgan fingerprint density at radius 3 is 2.76 bits per heavy atom. The summed E-state index contributed by atoms with van der Waals surface area (Å²) < 4.78 is 0. The molecule has 1 atom stereocenters.